The fourth-order valence-corrected chi connectivity index (χ4v) is 3.38. The average molecular weight is 329 g/mol. The van der Waals surface area contributed by atoms with Crippen molar-refractivity contribution in [3.05, 3.63) is 35.5 Å². The minimum Gasteiger partial charge on any atom is -0.453 e. The maximum atomic E-state index is 13.1. The summed E-state index contributed by atoms with van der Waals surface area (Å²) >= 11 is 0. The highest BCUT2D eigenvalue weighted by molar-refractivity contribution is 6.08. The van der Waals surface area contributed by atoms with Crippen molar-refractivity contribution in [1.29, 1.82) is 0 Å². The monoisotopic (exact) mass is 329 g/mol. The Morgan fingerprint density at radius 2 is 1.71 bits per heavy atom. The molecule has 128 valence electrons. The molecule has 0 unspecified atom stereocenters. The van der Waals surface area contributed by atoms with E-state index < -0.39 is 0 Å². The largest absolute Gasteiger partial charge is 0.453 e. The van der Waals surface area contributed by atoms with Crippen molar-refractivity contribution in [3.8, 4) is 0 Å². The average Bonchev–Trinajstić information content (AvgIpc) is 2.77. The van der Waals surface area contributed by atoms with E-state index in [2.05, 4.69) is 4.57 Å². The number of hydrogen-bond acceptors (Lipinski definition) is 3. The molecular formula is C18H23N3O3. The smallest absolute Gasteiger partial charge is 0.409 e. The Hall–Kier alpha value is -2.50. The first-order chi connectivity index (χ1) is 11.5. The molecule has 0 aliphatic carbocycles. The van der Waals surface area contributed by atoms with E-state index >= 15 is 0 Å². The van der Waals surface area contributed by atoms with Crippen LogP contribution in [0.2, 0.25) is 0 Å². The third-order valence-electron chi connectivity index (χ3n) is 4.83. The van der Waals surface area contributed by atoms with Crippen LogP contribution in [-0.4, -0.2) is 59.7 Å². The third kappa shape index (κ3) is 2.72. The topological polar surface area (TPSA) is 54.8 Å². The van der Waals surface area contributed by atoms with E-state index in [1.54, 1.807) is 4.90 Å². The number of rotatable bonds is 1. The Labute approximate surface area is 141 Å². The zero-order valence-corrected chi connectivity index (χ0v) is 14.4. The van der Waals surface area contributed by atoms with Crippen molar-refractivity contribution < 1.29 is 14.3 Å². The van der Waals surface area contributed by atoms with Gasteiger partial charge in [0.2, 0.25) is 0 Å². The van der Waals surface area contributed by atoms with E-state index in [1.165, 1.54) is 7.11 Å². The molecule has 1 saturated heterocycles. The number of carbonyl (C=O) groups is 2. The molecule has 6 heteroatoms. The van der Waals surface area contributed by atoms with Crippen LogP contribution in [0.25, 0.3) is 10.9 Å². The zero-order chi connectivity index (χ0) is 17.3. The summed E-state index contributed by atoms with van der Waals surface area (Å²) in [6.45, 7) is 4.27. The lowest BCUT2D eigenvalue weighted by Crippen LogP contribution is -2.37. The third-order valence-corrected chi connectivity index (χ3v) is 4.83. The zero-order valence-electron chi connectivity index (χ0n) is 14.4. The van der Waals surface area contributed by atoms with Crippen LogP contribution in [-0.2, 0) is 11.8 Å². The molecule has 0 radical (unpaired) electrons. The summed E-state index contributed by atoms with van der Waals surface area (Å²) in [4.78, 5) is 28.3. The Kier molecular flexibility index (Phi) is 4.46. The standard InChI is InChI=1S/C18H23N3O3/c1-13-16(14-7-4-5-8-15(14)19(13)2)17(22)20-9-6-10-21(12-11-20)18(23)24-3/h4-5,7-8H,6,9-12H2,1-3H3. The number of aryl methyl sites for hydroxylation is 1. The maximum absolute atomic E-state index is 13.1. The lowest BCUT2D eigenvalue weighted by atomic mass is 10.1. The quantitative estimate of drug-likeness (QED) is 0.807. The van der Waals surface area contributed by atoms with Crippen molar-refractivity contribution in [1.82, 2.24) is 14.4 Å². The van der Waals surface area contributed by atoms with Gasteiger partial charge in [-0.25, -0.2) is 4.79 Å². The molecule has 1 aliphatic rings. The van der Waals surface area contributed by atoms with Gasteiger partial charge in [0.05, 0.1) is 12.7 Å². The second kappa shape index (κ2) is 6.55. The number of benzene rings is 1. The van der Waals surface area contributed by atoms with E-state index in [0.29, 0.717) is 26.2 Å². The number of carbonyl (C=O) groups excluding carboxylic acids is 2. The molecule has 0 bridgehead atoms. The number of ether oxygens (including phenoxy) is 1. The van der Waals surface area contributed by atoms with E-state index in [4.69, 9.17) is 4.74 Å². The fraction of sp³-hybridized carbons (Fsp3) is 0.444. The molecule has 2 amide bonds. The van der Waals surface area contributed by atoms with Crippen molar-refractivity contribution in [3.63, 3.8) is 0 Å². The Bertz CT molecular complexity index is 781. The first-order valence-corrected chi connectivity index (χ1v) is 8.20. The van der Waals surface area contributed by atoms with Gasteiger partial charge in [-0.15, -0.1) is 0 Å². The van der Waals surface area contributed by atoms with Gasteiger partial charge in [-0.1, -0.05) is 18.2 Å². The highest BCUT2D eigenvalue weighted by Crippen LogP contribution is 2.26. The number of aromatic nitrogens is 1. The van der Waals surface area contributed by atoms with E-state index in [-0.39, 0.29) is 12.0 Å². The summed E-state index contributed by atoms with van der Waals surface area (Å²) < 4.78 is 6.84. The van der Waals surface area contributed by atoms with Crippen LogP contribution in [0.1, 0.15) is 22.5 Å². The highest BCUT2D eigenvalue weighted by atomic mass is 16.5. The lowest BCUT2D eigenvalue weighted by molar-refractivity contribution is 0.0758. The van der Waals surface area contributed by atoms with Crippen LogP contribution in [0.5, 0.6) is 0 Å². The van der Waals surface area contributed by atoms with Crippen LogP contribution < -0.4 is 0 Å². The van der Waals surface area contributed by atoms with E-state index in [1.807, 2.05) is 43.1 Å². The molecule has 0 N–H and O–H groups in total. The number of hydrogen-bond donors (Lipinski definition) is 0. The normalized spacial score (nSPS) is 15.5. The van der Waals surface area contributed by atoms with Crippen LogP contribution in [0.3, 0.4) is 0 Å². The summed E-state index contributed by atoms with van der Waals surface area (Å²) in [7, 11) is 3.37. The Morgan fingerprint density at radius 3 is 2.46 bits per heavy atom. The molecule has 1 fully saturated rings. The van der Waals surface area contributed by atoms with E-state index in [9.17, 15) is 9.59 Å². The van der Waals surface area contributed by atoms with Gasteiger partial charge < -0.3 is 19.1 Å². The van der Waals surface area contributed by atoms with Crippen molar-refractivity contribution in [2.45, 2.75) is 13.3 Å². The van der Waals surface area contributed by atoms with Gasteiger partial charge in [0.1, 0.15) is 0 Å². The SMILES string of the molecule is COC(=O)N1CCCN(C(=O)c2c(C)n(C)c3ccccc23)CC1. The van der Waals surface area contributed by atoms with Gasteiger partial charge in [-0.3, -0.25) is 4.79 Å². The summed E-state index contributed by atoms with van der Waals surface area (Å²) in [6.07, 6.45) is 0.427. The second-order valence-electron chi connectivity index (χ2n) is 6.14. The van der Waals surface area contributed by atoms with E-state index in [0.717, 1.165) is 28.6 Å². The highest BCUT2D eigenvalue weighted by Gasteiger charge is 2.26. The predicted octanol–water partition coefficient (Wildman–Crippen LogP) is 2.40. The molecule has 1 aromatic carbocycles. The van der Waals surface area contributed by atoms with Crippen molar-refractivity contribution in [2.24, 2.45) is 7.05 Å². The Morgan fingerprint density at radius 1 is 1.04 bits per heavy atom. The first kappa shape index (κ1) is 16.4. The molecule has 3 rings (SSSR count). The van der Waals surface area contributed by atoms with Crippen molar-refractivity contribution in [2.75, 3.05) is 33.3 Å². The van der Waals surface area contributed by atoms with Gasteiger partial charge in [0, 0.05) is 49.8 Å². The molecule has 24 heavy (non-hydrogen) atoms. The van der Waals surface area contributed by atoms with Crippen LogP contribution in [0.4, 0.5) is 4.79 Å². The van der Waals surface area contributed by atoms with Gasteiger partial charge in [-0.05, 0) is 19.4 Å². The molecule has 6 nitrogen and oxygen atoms in total. The molecule has 2 heterocycles. The number of methoxy groups -OCH3 is 1. The first-order valence-electron chi connectivity index (χ1n) is 8.20. The molecule has 0 spiro atoms. The second-order valence-corrected chi connectivity index (χ2v) is 6.14. The fourth-order valence-electron chi connectivity index (χ4n) is 3.38. The number of amides is 2. The lowest BCUT2D eigenvalue weighted by Gasteiger charge is -2.21. The number of nitrogens with zero attached hydrogens (tertiary/aromatic N) is 3. The maximum Gasteiger partial charge on any atom is 0.409 e. The molecular weight excluding hydrogens is 306 g/mol. The van der Waals surface area contributed by atoms with Crippen LogP contribution in [0, 0.1) is 6.92 Å². The van der Waals surface area contributed by atoms with Crippen LogP contribution >= 0.6 is 0 Å². The molecule has 0 atom stereocenters. The summed E-state index contributed by atoms with van der Waals surface area (Å²) in [5.41, 5.74) is 2.79. The minimum atomic E-state index is -0.328. The van der Waals surface area contributed by atoms with Crippen molar-refractivity contribution >= 4 is 22.9 Å². The molecule has 1 aromatic heterocycles. The number of fused-ring (bicyclic) bond motifs is 1. The van der Waals surface area contributed by atoms with Gasteiger partial charge in [0.15, 0.2) is 0 Å². The molecule has 2 aromatic rings. The van der Waals surface area contributed by atoms with Crippen LogP contribution in [0.15, 0.2) is 24.3 Å². The summed E-state index contributed by atoms with van der Waals surface area (Å²) in [5, 5.41) is 0.983. The predicted molar refractivity (Wildman–Crippen MR) is 92.2 cm³/mol. The number of para-hydroxylation sites is 1. The Balaban J connectivity index is 1.87. The van der Waals surface area contributed by atoms with Gasteiger partial charge in [0.25, 0.3) is 5.91 Å². The molecule has 0 saturated carbocycles. The van der Waals surface area contributed by atoms with Gasteiger partial charge >= 0.3 is 6.09 Å². The summed E-state index contributed by atoms with van der Waals surface area (Å²) in [6, 6.07) is 7.96. The minimum absolute atomic E-state index is 0.0380. The summed E-state index contributed by atoms with van der Waals surface area (Å²) in [5.74, 6) is 0.0380. The molecule has 1 aliphatic heterocycles. The van der Waals surface area contributed by atoms with Gasteiger partial charge in [-0.2, -0.15) is 0 Å².